The third-order valence-corrected chi connectivity index (χ3v) is 5.14. The van der Waals surface area contributed by atoms with Gasteiger partial charge in [0, 0.05) is 19.6 Å². The molecular formula is C13H20N2O2S. The number of hydrogen-bond acceptors (Lipinski definition) is 3. The highest BCUT2D eigenvalue weighted by Crippen LogP contribution is 2.18. The van der Waals surface area contributed by atoms with Crippen LogP contribution in [-0.4, -0.2) is 38.9 Å². The van der Waals surface area contributed by atoms with Crippen molar-refractivity contribution in [2.75, 3.05) is 26.2 Å². The monoisotopic (exact) mass is 268 g/mol. The minimum absolute atomic E-state index is 0.420. The summed E-state index contributed by atoms with van der Waals surface area (Å²) < 4.78 is 26.6. The molecule has 2 rings (SSSR count). The molecule has 1 aliphatic heterocycles. The molecule has 4 nitrogen and oxygen atoms in total. The van der Waals surface area contributed by atoms with Crippen molar-refractivity contribution < 1.29 is 8.42 Å². The molecule has 0 aliphatic carbocycles. The SMILES string of the molecule is CCc1cccc(S(=O)(=O)N2CCCNCC2)c1. The maximum atomic E-state index is 12.5. The second-order valence-corrected chi connectivity index (χ2v) is 6.45. The fourth-order valence-electron chi connectivity index (χ4n) is 2.14. The summed E-state index contributed by atoms with van der Waals surface area (Å²) in [6, 6.07) is 7.26. The van der Waals surface area contributed by atoms with Crippen molar-refractivity contribution in [1.82, 2.24) is 9.62 Å². The average Bonchev–Trinajstić information content (AvgIpc) is 2.68. The lowest BCUT2D eigenvalue weighted by molar-refractivity contribution is 0.432. The topological polar surface area (TPSA) is 49.4 Å². The lowest BCUT2D eigenvalue weighted by atomic mass is 10.2. The van der Waals surface area contributed by atoms with Gasteiger partial charge in [0.1, 0.15) is 0 Å². The number of benzene rings is 1. The van der Waals surface area contributed by atoms with Crippen molar-refractivity contribution in [2.45, 2.75) is 24.7 Å². The second-order valence-electron chi connectivity index (χ2n) is 4.51. The van der Waals surface area contributed by atoms with Gasteiger partial charge in [-0.3, -0.25) is 0 Å². The Morgan fingerprint density at radius 1 is 1.28 bits per heavy atom. The highest BCUT2D eigenvalue weighted by molar-refractivity contribution is 7.89. The van der Waals surface area contributed by atoms with Gasteiger partial charge in [-0.1, -0.05) is 19.1 Å². The molecule has 1 N–H and O–H groups in total. The first kappa shape index (κ1) is 13.5. The Balaban J connectivity index is 2.28. The van der Waals surface area contributed by atoms with Gasteiger partial charge in [0.2, 0.25) is 10.0 Å². The Kier molecular flexibility index (Phi) is 4.37. The minimum Gasteiger partial charge on any atom is -0.315 e. The van der Waals surface area contributed by atoms with Gasteiger partial charge in [-0.25, -0.2) is 8.42 Å². The Hall–Kier alpha value is -0.910. The van der Waals surface area contributed by atoms with E-state index in [-0.39, 0.29) is 0 Å². The van der Waals surface area contributed by atoms with E-state index in [4.69, 9.17) is 0 Å². The molecule has 0 atom stereocenters. The van der Waals surface area contributed by atoms with Gasteiger partial charge >= 0.3 is 0 Å². The summed E-state index contributed by atoms with van der Waals surface area (Å²) in [7, 11) is -3.32. The van der Waals surface area contributed by atoms with E-state index in [1.807, 2.05) is 19.1 Å². The summed E-state index contributed by atoms with van der Waals surface area (Å²) in [5.41, 5.74) is 1.06. The highest BCUT2D eigenvalue weighted by Gasteiger charge is 2.24. The molecule has 0 spiro atoms. The molecule has 18 heavy (non-hydrogen) atoms. The van der Waals surface area contributed by atoms with Crippen LogP contribution in [0.3, 0.4) is 0 Å². The van der Waals surface area contributed by atoms with E-state index in [1.165, 1.54) is 0 Å². The zero-order chi connectivity index (χ0) is 13.0. The molecule has 0 saturated carbocycles. The average molecular weight is 268 g/mol. The van der Waals surface area contributed by atoms with Gasteiger partial charge < -0.3 is 5.32 Å². The second kappa shape index (κ2) is 5.82. The Labute approximate surface area is 109 Å². The molecule has 0 radical (unpaired) electrons. The first-order valence-corrected chi connectivity index (χ1v) is 7.88. The number of nitrogens with one attached hydrogen (secondary N) is 1. The van der Waals surface area contributed by atoms with Crippen LogP contribution < -0.4 is 5.32 Å². The van der Waals surface area contributed by atoms with Crippen molar-refractivity contribution in [3.05, 3.63) is 29.8 Å². The van der Waals surface area contributed by atoms with E-state index in [2.05, 4.69) is 5.32 Å². The maximum absolute atomic E-state index is 12.5. The highest BCUT2D eigenvalue weighted by atomic mass is 32.2. The number of sulfonamides is 1. The first-order valence-electron chi connectivity index (χ1n) is 6.44. The molecule has 1 aromatic carbocycles. The zero-order valence-corrected chi connectivity index (χ0v) is 11.5. The zero-order valence-electron chi connectivity index (χ0n) is 10.7. The fourth-order valence-corrected chi connectivity index (χ4v) is 3.69. The molecule has 0 amide bonds. The number of nitrogens with zero attached hydrogens (tertiary/aromatic N) is 1. The van der Waals surface area contributed by atoms with Crippen LogP contribution >= 0.6 is 0 Å². The summed E-state index contributed by atoms with van der Waals surface area (Å²) in [5, 5.41) is 3.22. The maximum Gasteiger partial charge on any atom is 0.243 e. The van der Waals surface area contributed by atoms with Crippen molar-refractivity contribution >= 4 is 10.0 Å². The first-order chi connectivity index (χ1) is 8.64. The predicted octanol–water partition coefficient (Wildman–Crippen LogP) is 1.23. The molecule has 100 valence electrons. The summed E-state index contributed by atoms with van der Waals surface area (Å²) in [4.78, 5) is 0.420. The molecule has 1 saturated heterocycles. The molecular weight excluding hydrogens is 248 g/mol. The molecule has 1 heterocycles. The Morgan fingerprint density at radius 3 is 2.89 bits per heavy atom. The molecule has 1 aromatic rings. The van der Waals surface area contributed by atoms with Crippen LogP contribution in [0.4, 0.5) is 0 Å². The number of aryl methyl sites for hydroxylation is 1. The van der Waals surface area contributed by atoms with E-state index >= 15 is 0 Å². The largest absolute Gasteiger partial charge is 0.315 e. The summed E-state index contributed by atoms with van der Waals surface area (Å²) >= 11 is 0. The van der Waals surface area contributed by atoms with Crippen molar-refractivity contribution in [1.29, 1.82) is 0 Å². The Morgan fingerprint density at radius 2 is 2.11 bits per heavy atom. The van der Waals surface area contributed by atoms with Crippen LogP contribution in [-0.2, 0) is 16.4 Å². The third-order valence-electron chi connectivity index (χ3n) is 3.24. The normalized spacial score (nSPS) is 18.5. The van der Waals surface area contributed by atoms with Crippen molar-refractivity contribution in [2.24, 2.45) is 0 Å². The quantitative estimate of drug-likeness (QED) is 0.897. The Bertz CT molecular complexity index is 491. The molecule has 0 unspecified atom stereocenters. The lowest BCUT2D eigenvalue weighted by Crippen LogP contribution is -2.34. The van der Waals surface area contributed by atoms with Crippen molar-refractivity contribution in [3.8, 4) is 0 Å². The fraction of sp³-hybridized carbons (Fsp3) is 0.538. The van der Waals surface area contributed by atoms with Gasteiger partial charge in [-0.05, 0) is 37.1 Å². The molecule has 1 fully saturated rings. The van der Waals surface area contributed by atoms with E-state index in [1.54, 1.807) is 16.4 Å². The summed E-state index contributed by atoms with van der Waals surface area (Å²) in [6.45, 7) is 4.81. The van der Waals surface area contributed by atoms with Gasteiger partial charge in [0.15, 0.2) is 0 Å². The number of hydrogen-bond donors (Lipinski definition) is 1. The number of rotatable bonds is 3. The van der Waals surface area contributed by atoms with Crippen molar-refractivity contribution in [3.63, 3.8) is 0 Å². The van der Waals surface area contributed by atoms with Crippen LogP contribution in [0.5, 0.6) is 0 Å². The van der Waals surface area contributed by atoms with Crippen LogP contribution in [0.2, 0.25) is 0 Å². The third kappa shape index (κ3) is 2.91. The summed E-state index contributed by atoms with van der Waals surface area (Å²) in [6.07, 6.45) is 1.72. The van der Waals surface area contributed by atoms with E-state index < -0.39 is 10.0 Å². The van der Waals surface area contributed by atoms with E-state index in [9.17, 15) is 8.42 Å². The van der Waals surface area contributed by atoms with Crippen LogP contribution in [0.25, 0.3) is 0 Å². The predicted molar refractivity (Wildman–Crippen MR) is 72.1 cm³/mol. The van der Waals surface area contributed by atoms with Crippen LogP contribution in [0, 0.1) is 0 Å². The van der Waals surface area contributed by atoms with Crippen LogP contribution in [0.15, 0.2) is 29.2 Å². The van der Waals surface area contributed by atoms with E-state index in [0.717, 1.165) is 31.5 Å². The smallest absolute Gasteiger partial charge is 0.243 e. The minimum atomic E-state index is -3.32. The van der Waals surface area contributed by atoms with Gasteiger partial charge in [-0.15, -0.1) is 0 Å². The molecule has 1 aliphatic rings. The van der Waals surface area contributed by atoms with E-state index in [0.29, 0.717) is 18.0 Å². The van der Waals surface area contributed by atoms with Crippen LogP contribution in [0.1, 0.15) is 18.9 Å². The van der Waals surface area contributed by atoms with Gasteiger partial charge in [0.05, 0.1) is 4.90 Å². The van der Waals surface area contributed by atoms with Gasteiger partial charge in [-0.2, -0.15) is 4.31 Å². The molecule has 0 aromatic heterocycles. The molecule has 5 heteroatoms. The van der Waals surface area contributed by atoms with Gasteiger partial charge in [0.25, 0.3) is 0 Å². The molecule has 0 bridgehead atoms. The lowest BCUT2D eigenvalue weighted by Gasteiger charge is -2.19. The summed E-state index contributed by atoms with van der Waals surface area (Å²) in [5.74, 6) is 0. The standard InChI is InChI=1S/C13H20N2O2S/c1-2-12-5-3-6-13(11-12)18(16,17)15-9-4-7-14-8-10-15/h3,5-6,11,14H,2,4,7-10H2,1H3.